The molecule has 1 amide bonds. The summed E-state index contributed by atoms with van der Waals surface area (Å²) in [6.07, 6.45) is 1.75. The van der Waals surface area contributed by atoms with Gasteiger partial charge in [0.15, 0.2) is 6.61 Å². The fourth-order valence-electron chi connectivity index (χ4n) is 3.98. The fraction of sp³-hybridized carbons (Fsp3) is 0.292. The first-order valence-electron chi connectivity index (χ1n) is 10.5. The van der Waals surface area contributed by atoms with Crippen LogP contribution in [0.15, 0.2) is 54.7 Å². The summed E-state index contributed by atoms with van der Waals surface area (Å²) in [5.41, 5.74) is 2.63. The van der Waals surface area contributed by atoms with Gasteiger partial charge in [0.1, 0.15) is 11.6 Å². The number of anilines is 1. The third-order valence-electron chi connectivity index (χ3n) is 5.67. The van der Waals surface area contributed by atoms with Crippen molar-refractivity contribution in [2.75, 3.05) is 37.7 Å². The van der Waals surface area contributed by atoms with Gasteiger partial charge in [0.2, 0.25) is 0 Å². The highest BCUT2D eigenvalue weighted by Crippen LogP contribution is 2.22. The van der Waals surface area contributed by atoms with Crippen LogP contribution < -0.4 is 4.90 Å². The molecular formula is C24H25FN4O3. The van der Waals surface area contributed by atoms with Crippen LogP contribution in [0.4, 0.5) is 10.2 Å². The molecule has 0 bridgehead atoms. The Hall–Kier alpha value is -3.68. The maximum Gasteiger partial charge on any atom is 0.340 e. The molecule has 0 aliphatic carbocycles. The van der Waals surface area contributed by atoms with Crippen LogP contribution in [0.25, 0.3) is 5.69 Å². The van der Waals surface area contributed by atoms with Gasteiger partial charge in [-0.05, 0) is 56.3 Å². The summed E-state index contributed by atoms with van der Waals surface area (Å²) in [7, 11) is 0. The number of ether oxygens (including phenoxy) is 1. The van der Waals surface area contributed by atoms with Gasteiger partial charge in [0.25, 0.3) is 5.91 Å². The van der Waals surface area contributed by atoms with Crippen molar-refractivity contribution in [2.45, 2.75) is 13.8 Å². The maximum absolute atomic E-state index is 13.2. The van der Waals surface area contributed by atoms with Crippen molar-refractivity contribution in [3.8, 4) is 5.69 Å². The third kappa shape index (κ3) is 4.49. The smallest absolute Gasteiger partial charge is 0.340 e. The van der Waals surface area contributed by atoms with E-state index < -0.39 is 5.97 Å². The van der Waals surface area contributed by atoms with Crippen molar-refractivity contribution < 1.29 is 18.7 Å². The van der Waals surface area contributed by atoms with Gasteiger partial charge in [-0.2, -0.15) is 0 Å². The Bertz CT molecular complexity index is 1100. The average molecular weight is 436 g/mol. The number of rotatable bonds is 5. The van der Waals surface area contributed by atoms with Gasteiger partial charge in [0.05, 0.1) is 5.56 Å². The third-order valence-corrected chi connectivity index (χ3v) is 5.67. The van der Waals surface area contributed by atoms with Gasteiger partial charge < -0.3 is 19.1 Å². The number of hydrogen-bond donors (Lipinski definition) is 0. The monoisotopic (exact) mass is 436 g/mol. The van der Waals surface area contributed by atoms with Crippen LogP contribution in [-0.2, 0) is 9.53 Å². The van der Waals surface area contributed by atoms with E-state index >= 15 is 0 Å². The van der Waals surface area contributed by atoms with E-state index in [-0.39, 0.29) is 18.3 Å². The molecule has 0 spiro atoms. The van der Waals surface area contributed by atoms with Crippen molar-refractivity contribution in [1.29, 1.82) is 0 Å². The lowest BCUT2D eigenvalue weighted by Crippen LogP contribution is -2.50. The van der Waals surface area contributed by atoms with Crippen LogP contribution in [0, 0.1) is 19.7 Å². The normalized spacial score (nSPS) is 13.8. The van der Waals surface area contributed by atoms with E-state index in [1.54, 1.807) is 36.2 Å². The minimum absolute atomic E-state index is 0.216. The minimum atomic E-state index is -0.549. The molecule has 7 nitrogen and oxygen atoms in total. The van der Waals surface area contributed by atoms with Crippen molar-refractivity contribution >= 4 is 17.7 Å². The molecular weight excluding hydrogens is 411 g/mol. The Morgan fingerprint density at radius 3 is 2.41 bits per heavy atom. The van der Waals surface area contributed by atoms with E-state index in [1.807, 2.05) is 29.7 Å². The van der Waals surface area contributed by atoms with Crippen LogP contribution in [0.5, 0.6) is 0 Å². The van der Waals surface area contributed by atoms with E-state index in [1.165, 1.54) is 12.1 Å². The van der Waals surface area contributed by atoms with Crippen LogP contribution in [0.2, 0.25) is 0 Å². The van der Waals surface area contributed by atoms with E-state index in [0.29, 0.717) is 37.4 Å². The fourth-order valence-corrected chi connectivity index (χ4v) is 3.98. The van der Waals surface area contributed by atoms with Gasteiger partial charge in [-0.1, -0.05) is 6.07 Å². The second kappa shape index (κ2) is 9.21. The van der Waals surface area contributed by atoms with Crippen LogP contribution in [0.1, 0.15) is 21.7 Å². The number of esters is 1. The number of carbonyl (C=O) groups excluding carboxylic acids is 2. The largest absolute Gasteiger partial charge is 0.452 e. The quantitative estimate of drug-likeness (QED) is 0.575. The number of benzene rings is 1. The Morgan fingerprint density at radius 1 is 1.03 bits per heavy atom. The number of hydrogen-bond acceptors (Lipinski definition) is 5. The van der Waals surface area contributed by atoms with Gasteiger partial charge in [-0.25, -0.2) is 14.2 Å². The second-order valence-corrected chi connectivity index (χ2v) is 7.73. The molecule has 1 fully saturated rings. The average Bonchev–Trinajstić information content (AvgIpc) is 3.12. The first-order chi connectivity index (χ1) is 15.4. The Morgan fingerprint density at radius 2 is 1.75 bits per heavy atom. The summed E-state index contributed by atoms with van der Waals surface area (Å²) in [4.78, 5) is 33.4. The van der Waals surface area contributed by atoms with Gasteiger partial charge >= 0.3 is 5.97 Å². The number of nitrogens with zero attached hydrogens (tertiary/aromatic N) is 4. The van der Waals surface area contributed by atoms with E-state index in [9.17, 15) is 14.0 Å². The summed E-state index contributed by atoms with van der Waals surface area (Å²) in [5, 5.41) is 0. The highest BCUT2D eigenvalue weighted by atomic mass is 19.1. The van der Waals surface area contributed by atoms with Gasteiger partial charge in [-0.15, -0.1) is 0 Å². The number of amides is 1. The Kier molecular flexibility index (Phi) is 6.20. The minimum Gasteiger partial charge on any atom is -0.452 e. The standard InChI is InChI=1S/C24H25FN4O3/c1-17-15-21(18(2)29(17)20-8-6-19(25)7-9-20)24(31)32-16-23(30)28-13-11-27(12-14-28)22-5-3-4-10-26-22/h3-10,15H,11-14,16H2,1-2H3. The molecule has 0 radical (unpaired) electrons. The molecule has 0 saturated carbocycles. The summed E-state index contributed by atoms with van der Waals surface area (Å²) in [6, 6.07) is 13.5. The van der Waals surface area contributed by atoms with E-state index in [0.717, 1.165) is 17.2 Å². The van der Waals surface area contributed by atoms with Crippen LogP contribution >= 0.6 is 0 Å². The zero-order valence-corrected chi connectivity index (χ0v) is 18.1. The lowest BCUT2D eigenvalue weighted by atomic mass is 10.2. The van der Waals surface area contributed by atoms with Crippen LogP contribution in [0.3, 0.4) is 0 Å². The predicted octanol–water partition coefficient (Wildman–Crippen LogP) is 3.13. The number of halogens is 1. The summed E-state index contributed by atoms with van der Waals surface area (Å²) in [6.45, 7) is 5.80. The Labute approximate surface area is 186 Å². The van der Waals surface area contributed by atoms with Crippen LogP contribution in [-0.4, -0.2) is 59.1 Å². The zero-order valence-electron chi connectivity index (χ0n) is 18.1. The highest BCUT2D eigenvalue weighted by Gasteiger charge is 2.24. The highest BCUT2D eigenvalue weighted by molar-refractivity contribution is 5.93. The first kappa shape index (κ1) is 21.5. The van der Waals surface area contributed by atoms with Crippen molar-refractivity contribution in [2.24, 2.45) is 0 Å². The summed E-state index contributed by atoms with van der Waals surface area (Å²) < 4.78 is 20.4. The Balaban J connectivity index is 1.34. The number of pyridine rings is 1. The predicted molar refractivity (Wildman–Crippen MR) is 119 cm³/mol. The lowest BCUT2D eigenvalue weighted by Gasteiger charge is -2.35. The molecule has 166 valence electrons. The molecule has 0 N–H and O–H groups in total. The molecule has 1 aliphatic heterocycles. The molecule has 0 unspecified atom stereocenters. The molecule has 1 aliphatic rings. The first-order valence-corrected chi connectivity index (χ1v) is 10.5. The van der Waals surface area contributed by atoms with Crippen molar-refractivity contribution in [1.82, 2.24) is 14.5 Å². The SMILES string of the molecule is Cc1cc(C(=O)OCC(=O)N2CCN(c3ccccn3)CC2)c(C)n1-c1ccc(F)cc1. The number of aromatic nitrogens is 2. The summed E-state index contributed by atoms with van der Waals surface area (Å²) >= 11 is 0. The molecule has 1 aromatic carbocycles. The molecule has 2 aromatic heterocycles. The molecule has 8 heteroatoms. The molecule has 4 rings (SSSR count). The zero-order chi connectivity index (χ0) is 22.7. The molecule has 1 saturated heterocycles. The molecule has 3 heterocycles. The number of aryl methyl sites for hydroxylation is 1. The van der Waals surface area contributed by atoms with Crippen molar-refractivity contribution in [3.05, 3.63) is 77.5 Å². The number of carbonyl (C=O) groups is 2. The lowest BCUT2D eigenvalue weighted by molar-refractivity contribution is -0.134. The van der Waals surface area contributed by atoms with Crippen molar-refractivity contribution in [3.63, 3.8) is 0 Å². The molecule has 0 atom stereocenters. The topological polar surface area (TPSA) is 67.7 Å². The van der Waals surface area contributed by atoms with Gasteiger partial charge in [-0.3, -0.25) is 4.79 Å². The van der Waals surface area contributed by atoms with Gasteiger partial charge in [0, 0.05) is 49.5 Å². The second-order valence-electron chi connectivity index (χ2n) is 7.73. The van der Waals surface area contributed by atoms with E-state index in [2.05, 4.69) is 9.88 Å². The number of piperazine rings is 1. The van der Waals surface area contributed by atoms with E-state index in [4.69, 9.17) is 4.74 Å². The summed E-state index contributed by atoms with van der Waals surface area (Å²) in [5.74, 6) is -0.198. The maximum atomic E-state index is 13.2. The molecule has 3 aromatic rings. The molecule has 32 heavy (non-hydrogen) atoms.